The molecule has 0 saturated carbocycles. The van der Waals surface area contributed by atoms with E-state index in [-0.39, 0.29) is 11.9 Å². The summed E-state index contributed by atoms with van der Waals surface area (Å²) in [6, 6.07) is 0.215. The second-order valence-corrected chi connectivity index (χ2v) is 5.96. The first-order valence-electron chi connectivity index (χ1n) is 7.95. The third kappa shape index (κ3) is 3.32. The molecule has 0 atom stereocenters. The number of anilines is 1. The lowest BCUT2D eigenvalue weighted by atomic mass is 10.0. The number of aromatic nitrogens is 4. The van der Waals surface area contributed by atoms with Gasteiger partial charge in [-0.25, -0.2) is 9.97 Å². The van der Waals surface area contributed by atoms with Gasteiger partial charge >= 0.3 is 0 Å². The Morgan fingerprint density at radius 2 is 1.92 bits per heavy atom. The van der Waals surface area contributed by atoms with Gasteiger partial charge in [-0.2, -0.15) is 5.10 Å². The van der Waals surface area contributed by atoms with Crippen LogP contribution in [0.15, 0.2) is 24.8 Å². The van der Waals surface area contributed by atoms with Crippen LogP contribution in [0.2, 0.25) is 0 Å². The van der Waals surface area contributed by atoms with Gasteiger partial charge in [0.05, 0.1) is 31.3 Å². The quantitative estimate of drug-likeness (QED) is 0.831. The maximum atomic E-state index is 12.5. The summed E-state index contributed by atoms with van der Waals surface area (Å²) in [7, 11) is 5.27. The molecule has 0 unspecified atom stereocenters. The summed E-state index contributed by atoms with van der Waals surface area (Å²) in [5.41, 5.74) is 0.626. The molecule has 2 aromatic rings. The van der Waals surface area contributed by atoms with Crippen molar-refractivity contribution in [3.8, 4) is 5.75 Å². The van der Waals surface area contributed by atoms with E-state index in [2.05, 4.69) is 20.0 Å². The summed E-state index contributed by atoms with van der Waals surface area (Å²) in [5.74, 6) is 1.37. The summed E-state index contributed by atoms with van der Waals surface area (Å²) in [6.07, 6.45) is 8.48. The van der Waals surface area contributed by atoms with Crippen LogP contribution < -0.4 is 9.64 Å². The van der Waals surface area contributed by atoms with Crippen LogP contribution >= 0.6 is 0 Å². The number of methoxy groups -OCH3 is 1. The number of aryl methyl sites for hydroxylation is 1. The molecule has 1 fully saturated rings. The van der Waals surface area contributed by atoms with E-state index in [1.807, 2.05) is 19.0 Å². The molecule has 1 aliphatic rings. The summed E-state index contributed by atoms with van der Waals surface area (Å²) < 4.78 is 6.72. The lowest BCUT2D eigenvalue weighted by molar-refractivity contribution is 0.0709. The van der Waals surface area contributed by atoms with E-state index < -0.39 is 0 Å². The van der Waals surface area contributed by atoms with Crippen LogP contribution in [0.3, 0.4) is 0 Å². The third-order valence-electron chi connectivity index (χ3n) is 4.42. The van der Waals surface area contributed by atoms with Crippen LogP contribution in [0.5, 0.6) is 5.75 Å². The fourth-order valence-electron chi connectivity index (χ4n) is 2.93. The van der Waals surface area contributed by atoms with Crippen LogP contribution in [0, 0.1) is 0 Å². The van der Waals surface area contributed by atoms with Crippen LogP contribution in [-0.2, 0) is 7.05 Å². The Labute approximate surface area is 141 Å². The van der Waals surface area contributed by atoms with Gasteiger partial charge in [0.25, 0.3) is 5.91 Å². The molecule has 3 rings (SSSR count). The van der Waals surface area contributed by atoms with Gasteiger partial charge in [-0.3, -0.25) is 9.48 Å². The number of hydrogen-bond donors (Lipinski definition) is 0. The Balaban J connectivity index is 1.58. The van der Waals surface area contributed by atoms with Gasteiger partial charge in [0.1, 0.15) is 0 Å². The third-order valence-corrected chi connectivity index (χ3v) is 4.42. The molecular formula is C16H22N6O2. The highest BCUT2D eigenvalue weighted by atomic mass is 16.5. The average molecular weight is 330 g/mol. The predicted octanol–water partition coefficient (Wildman–Crippen LogP) is 0.960. The number of piperidine rings is 1. The highest BCUT2D eigenvalue weighted by Crippen LogP contribution is 2.21. The first kappa shape index (κ1) is 16.2. The summed E-state index contributed by atoms with van der Waals surface area (Å²) >= 11 is 0. The highest BCUT2D eigenvalue weighted by molar-refractivity contribution is 5.93. The molecule has 1 amide bonds. The number of amides is 1. The maximum absolute atomic E-state index is 12.5. The van der Waals surface area contributed by atoms with E-state index in [0.29, 0.717) is 17.3 Å². The van der Waals surface area contributed by atoms with E-state index in [1.54, 1.807) is 36.6 Å². The molecule has 0 radical (unpaired) electrons. The van der Waals surface area contributed by atoms with Gasteiger partial charge in [0.15, 0.2) is 5.75 Å². The molecular weight excluding hydrogens is 308 g/mol. The number of ether oxygens (including phenoxy) is 1. The predicted molar refractivity (Wildman–Crippen MR) is 89.1 cm³/mol. The van der Waals surface area contributed by atoms with Gasteiger partial charge in [-0.05, 0) is 12.8 Å². The molecule has 0 aliphatic carbocycles. The minimum atomic E-state index is 0.0160. The van der Waals surface area contributed by atoms with Crippen molar-refractivity contribution in [1.82, 2.24) is 24.6 Å². The zero-order valence-corrected chi connectivity index (χ0v) is 14.2. The molecule has 8 heteroatoms. The van der Waals surface area contributed by atoms with Crippen molar-refractivity contribution in [2.45, 2.75) is 18.9 Å². The average Bonchev–Trinajstić information content (AvgIpc) is 3.07. The van der Waals surface area contributed by atoms with Crippen molar-refractivity contribution >= 4 is 11.9 Å². The fourth-order valence-corrected chi connectivity index (χ4v) is 2.93. The minimum absolute atomic E-state index is 0.0160. The molecule has 1 saturated heterocycles. The Kier molecular flexibility index (Phi) is 4.64. The molecule has 24 heavy (non-hydrogen) atoms. The summed E-state index contributed by atoms with van der Waals surface area (Å²) in [6.45, 7) is 1.64. The number of hydrogen-bond acceptors (Lipinski definition) is 6. The van der Waals surface area contributed by atoms with Gasteiger partial charge < -0.3 is 14.5 Å². The highest BCUT2D eigenvalue weighted by Gasteiger charge is 2.27. The van der Waals surface area contributed by atoms with Crippen molar-refractivity contribution in [2.24, 2.45) is 7.05 Å². The molecule has 3 heterocycles. The monoisotopic (exact) mass is 330 g/mol. The molecule has 0 N–H and O–H groups in total. The smallest absolute Gasteiger partial charge is 0.257 e. The first-order valence-corrected chi connectivity index (χ1v) is 7.95. The van der Waals surface area contributed by atoms with Gasteiger partial charge in [-0.1, -0.05) is 0 Å². The molecule has 0 spiro atoms. The van der Waals surface area contributed by atoms with Crippen molar-refractivity contribution in [1.29, 1.82) is 0 Å². The minimum Gasteiger partial charge on any atom is -0.494 e. The zero-order valence-electron chi connectivity index (χ0n) is 14.2. The Bertz CT molecular complexity index is 691. The largest absolute Gasteiger partial charge is 0.494 e. The molecule has 128 valence electrons. The van der Waals surface area contributed by atoms with E-state index in [0.717, 1.165) is 25.9 Å². The number of rotatable bonds is 4. The van der Waals surface area contributed by atoms with Gasteiger partial charge in [-0.15, -0.1) is 0 Å². The van der Waals surface area contributed by atoms with Crippen LogP contribution in [0.25, 0.3) is 0 Å². The van der Waals surface area contributed by atoms with E-state index >= 15 is 0 Å². The van der Waals surface area contributed by atoms with Crippen molar-refractivity contribution < 1.29 is 9.53 Å². The SMILES string of the molecule is COc1cnc(N2CCC(N(C)C(=O)c3cnn(C)c3)CC2)nc1. The van der Waals surface area contributed by atoms with E-state index in [1.165, 1.54) is 0 Å². The Morgan fingerprint density at radius 1 is 1.25 bits per heavy atom. The lowest BCUT2D eigenvalue weighted by Gasteiger charge is -2.36. The van der Waals surface area contributed by atoms with Crippen LogP contribution in [0.4, 0.5) is 5.95 Å². The second-order valence-electron chi connectivity index (χ2n) is 5.96. The van der Waals surface area contributed by atoms with Crippen LogP contribution in [-0.4, -0.2) is 63.8 Å². The van der Waals surface area contributed by atoms with E-state index in [9.17, 15) is 4.79 Å². The number of nitrogens with zero attached hydrogens (tertiary/aromatic N) is 6. The van der Waals surface area contributed by atoms with E-state index in [4.69, 9.17) is 4.74 Å². The standard InChI is InChI=1S/C16H22N6O2/c1-20-11-12(8-19-20)15(23)21(2)13-4-6-22(7-5-13)16-17-9-14(24-3)10-18-16/h8-11,13H,4-7H2,1-3H3. The normalized spacial score (nSPS) is 15.4. The Morgan fingerprint density at radius 3 is 2.46 bits per heavy atom. The van der Waals surface area contributed by atoms with Crippen LogP contribution in [0.1, 0.15) is 23.2 Å². The maximum Gasteiger partial charge on any atom is 0.257 e. The molecule has 0 bridgehead atoms. The lowest BCUT2D eigenvalue weighted by Crippen LogP contribution is -2.46. The zero-order chi connectivity index (χ0) is 17.1. The number of carbonyl (C=O) groups is 1. The molecule has 8 nitrogen and oxygen atoms in total. The number of carbonyl (C=O) groups excluding carboxylic acids is 1. The second kappa shape index (κ2) is 6.86. The van der Waals surface area contributed by atoms with Crippen molar-refractivity contribution in [3.63, 3.8) is 0 Å². The van der Waals surface area contributed by atoms with Crippen molar-refractivity contribution in [3.05, 3.63) is 30.4 Å². The van der Waals surface area contributed by atoms with Gasteiger partial charge in [0.2, 0.25) is 5.95 Å². The molecule has 0 aromatic carbocycles. The fraction of sp³-hybridized carbons (Fsp3) is 0.500. The Hall–Kier alpha value is -2.64. The van der Waals surface area contributed by atoms with Gasteiger partial charge in [0, 0.05) is 39.4 Å². The van der Waals surface area contributed by atoms with Crippen molar-refractivity contribution in [2.75, 3.05) is 32.1 Å². The summed E-state index contributed by atoms with van der Waals surface area (Å²) in [4.78, 5) is 25.1. The molecule has 1 aliphatic heterocycles. The summed E-state index contributed by atoms with van der Waals surface area (Å²) in [5, 5.41) is 4.07. The molecule has 2 aromatic heterocycles. The first-order chi connectivity index (χ1) is 11.6. The topological polar surface area (TPSA) is 76.4 Å².